The Labute approximate surface area is 64.8 Å². The van der Waals surface area contributed by atoms with E-state index in [1.807, 2.05) is 0 Å². The average Bonchev–Trinajstić information content (AvgIpc) is 2.34. The number of amides is 1. The zero-order chi connectivity index (χ0) is 8.27. The molecule has 0 bridgehead atoms. The van der Waals surface area contributed by atoms with Crippen LogP contribution in [0.25, 0.3) is 0 Å². The summed E-state index contributed by atoms with van der Waals surface area (Å²) in [7, 11) is 0. The molecule has 1 amide bonds. The van der Waals surface area contributed by atoms with E-state index in [0.29, 0.717) is 13.1 Å². The number of carboxylic acid groups (broad SMARTS) is 1. The van der Waals surface area contributed by atoms with E-state index in [4.69, 9.17) is 5.11 Å². The Morgan fingerprint density at radius 3 is 2.91 bits per heavy atom. The summed E-state index contributed by atoms with van der Waals surface area (Å²) in [4.78, 5) is 22.1. The van der Waals surface area contributed by atoms with E-state index < -0.39 is 5.97 Å². The van der Waals surface area contributed by atoms with Gasteiger partial charge in [0, 0.05) is 19.5 Å². The highest BCUT2D eigenvalue weighted by molar-refractivity contribution is 5.67. The van der Waals surface area contributed by atoms with Gasteiger partial charge in [0.1, 0.15) is 0 Å². The van der Waals surface area contributed by atoms with Crippen molar-refractivity contribution in [3.8, 4) is 0 Å². The highest BCUT2D eigenvalue weighted by Crippen LogP contribution is 2.17. The van der Waals surface area contributed by atoms with Crippen LogP contribution in [0.3, 0.4) is 0 Å². The van der Waals surface area contributed by atoms with Crippen molar-refractivity contribution >= 4 is 12.4 Å². The summed E-state index contributed by atoms with van der Waals surface area (Å²) < 4.78 is 0. The molecule has 0 saturated carbocycles. The van der Waals surface area contributed by atoms with Gasteiger partial charge >= 0.3 is 5.97 Å². The van der Waals surface area contributed by atoms with E-state index in [9.17, 15) is 9.59 Å². The molecule has 0 spiro atoms. The monoisotopic (exact) mass is 157 g/mol. The third-order valence-corrected chi connectivity index (χ3v) is 1.93. The van der Waals surface area contributed by atoms with Crippen LogP contribution in [0, 0.1) is 5.92 Å². The molecule has 0 aliphatic carbocycles. The van der Waals surface area contributed by atoms with Crippen LogP contribution in [0.1, 0.15) is 12.8 Å². The van der Waals surface area contributed by atoms with Crippen LogP contribution in [-0.4, -0.2) is 35.5 Å². The Kier molecular flexibility index (Phi) is 2.46. The third-order valence-electron chi connectivity index (χ3n) is 1.93. The molecule has 0 aromatic heterocycles. The fraction of sp³-hybridized carbons (Fsp3) is 0.714. The molecule has 0 radical (unpaired) electrons. The maximum absolute atomic E-state index is 10.2. The van der Waals surface area contributed by atoms with Gasteiger partial charge in [-0.1, -0.05) is 0 Å². The molecule has 1 unspecified atom stereocenters. The lowest BCUT2D eigenvalue weighted by Crippen LogP contribution is -2.18. The van der Waals surface area contributed by atoms with Gasteiger partial charge in [-0.05, 0) is 12.3 Å². The first-order valence-electron chi connectivity index (χ1n) is 3.63. The number of aliphatic carboxylic acids is 1. The molecule has 1 aliphatic rings. The molecular weight excluding hydrogens is 146 g/mol. The summed E-state index contributed by atoms with van der Waals surface area (Å²) >= 11 is 0. The first kappa shape index (κ1) is 8.04. The summed E-state index contributed by atoms with van der Waals surface area (Å²) in [5.41, 5.74) is 0. The van der Waals surface area contributed by atoms with Crippen molar-refractivity contribution in [3.63, 3.8) is 0 Å². The molecule has 0 aromatic carbocycles. The summed E-state index contributed by atoms with van der Waals surface area (Å²) in [5.74, 6) is -0.611. The van der Waals surface area contributed by atoms with Crippen molar-refractivity contribution < 1.29 is 14.7 Å². The number of likely N-dealkylation sites (tertiary alicyclic amines) is 1. The summed E-state index contributed by atoms with van der Waals surface area (Å²) in [6, 6.07) is 0. The van der Waals surface area contributed by atoms with Gasteiger partial charge in [0.25, 0.3) is 0 Å². The Balaban J connectivity index is 2.29. The molecule has 1 aliphatic heterocycles. The number of rotatable bonds is 3. The van der Waals surface area contributed by atoms with Crippen LogP contribution in [0.2, 0.25) is 0 Å². The highest BCUT2D eigenvalue weighted by atomic mass is 16.4. The standard InChI is InChI=1S/C7H11NO3/c9-5-8-2-1-6(4-8)3-7(10)11/h5-6H,1-4H2,(H,10,11). The minimum absolute atomic E-state index is 0.165. The van der Waals surface area contributed by atoms with Crippen LogP contribution in [0.15, 0.2) is 0 Å². The van der Waals surface area contributed by atoms with E-state index in [2.05, 4.69) is 0 Å². The summed E-state index contributed by atoms with van der Waals surface area (Å²) in [5, 5.41) is 8.43. The van der Waals surface area contributed by atoms with Gasteiger partial charge in [-0.15, -0.1) is 0 Å². The average molecular weight is 157 g/mol. The third kappa shape index (κ3) is 2.22. The lowest BCUT2D eigenvalue weighted by Gasteiger charge is -2.07. The topological polar surface area (TPSA) is 57.6 Å². The number of hydrogen-bond acceptors (Lipinski definition) is 2. The zero-order valence-corrected chi connectivity index (χ0v) is 6.19. The van der Waals surface area contributed by atoms with Crippen molar-refractivity contribution in [2.75, 3.05) is 13.1 Å². The molecule has 11 heavy (non-hydrogen) atoms. The van der Waals surface area contributed by atoms with Crippen LogP contribution in [-0.2, 0) is 9.59 Å². The predicted molar refractivity (Wildman–Crippen MR) is 38.0 cm³/mol. The number of carbonyl (C=O) groups is 2. The van der Waals surface area contributed by atoms with E-state index in [-0.39, 0.29) is 12.3 Å². The van der Waals surface area contributed by atoms with Gasteiger partial charge in [-0.2, -0.15) is 0 Å². The molecule has 1 heterocycles. The first-order valence-corrected chi connectivity index (χ1v) is 3.63. The molecule has 1 saturated heterocycles. The van der Waals surface area contributed by atoms with Gasteiger partial charge in [-0.25, -0.2) is 0 Å². The molecule has 4 nitrogen and oxygen atoms in total. The van der Waals surface area contributed by atoms with Crippen LogP contribution < -0.4 is 0 Å². The minimum Gasteiger partial charge on any atom is -0.481 e. The number of carbonyl (C=O) groups excluding carboxylic acids is 1. The van der Waals surface area contributed by atoms with Crippen molar-refractivity contribution in [1.82, 2.24) is 4.90 Å². The number of carboxylic acids is 1. The zero-order valence-electron chi connectivity index (χ0n) is 6.19. The lowest BCUT2D eigenvalue weighted by molar-refractivity contribution is -0.138. The molecule has 1 N–H and O–H groups in total. The Bertz CT molecular complexity index is 169. The molecule has 4 heteroatoms. The summed E-state index contributed by atoms with van der Waals surface area (Å²) in [6.07, 6.45) is 1.79. The van der Waals surface area contributed by atoms with Gasteiger partial charge in [0.05, 0.1) is 0 Å². The second-order valence-electron chi connectivity index (χ2n) is 2.85. The number of nitrogens with zero attached hydrogens (tertiary/aromatic N) is 1. The van der Waals surface area contributed by atoms with E-state index in [0.717, 1.165) is 12.8 Å². The maximum atomic E-state index is 10.2. The SMILES string of the molecule is O=CN1CCC(CC(=O)O)C1. The second kappa shape index (κ2) is 3.37. The van der Waals surface area contributed by atoms with Crippen LogP contribution in [0.5, 0.6) is 0 Å². The minimum atomic E-state index is -0.775. The van der Waals surface area contributed by atoms with Crippen molar-refractivity contribution in [2.24, 2.45) is 5.92 Å². The number of hydrogen-bond donors (Lipinski definition) is 1. The van der Waals surface area contributed by atoms with Crippen LogP contribution in [0.4, 0.5) is 0 Å². The Morgan fingerprint density at radius 2 is 2.45 bits per heavy atom. The van der Waals surface area contributed by atoms with E-state index in [1.54, 1.807) is 4.90 Å². The molecular formula is C7H11NO3. The summed E-state index contributed by atoms with van der Waals surface area (Å²) in [6.45, 7) is 1.32. The fourth-order valence-corrected chi connectivity index (χ4v) is 1.37. The van der Waals surface area contributed by atoms with E-state index >= 15 is 0 Å². The van der Waals surface area contributed by atoms with E-state index in [1.165, 1.54) is 0 Å². The van der Waals surface area contributed by atoms with Crippen molar-refractivity contribution in [1.29, 1.82) is 0 Å². The van der Waals surface area contributed by atoms with Crippen LogP contribution >= 0.6 is 0 Å². The predicted octanol–water partition coefficient (Wildman–Crippen LogP) is -0.0606. The molecule has 1 fully saturated rings. The molecule has 0 aromatic rings. The van der Waals surface area contributed by atoms with Gasteiger partial charge < -0.3 is 10.0 Å². The van der Waals surface area contributed by atoms with Gasteiger partial charge in [0.2, 0.25) is 6.41 Å². The fourth-order valence-electron chi connectivity index (χ4n) is 1.37. The Hall–Kier alpha value is -1.06. The first-order chi connectivity index (χ1) is 5.22. The molecule has 1 atom stereocenters. The van der Waals surface area contributed by atoms with Gasteiger partial charge in [-0.3, -0.25) is 9.59 Å². The van der Waals surface area contributed by atoms with Gasteiger partial charge in [0.15, 0.2) is 0 Å². The molecule has 1 rings (SSSR count). The quantitative estimate of drug-likeness (QED) is 0.584. The van der Waals surface area contributed by atoms with Crippen molar-refractivity contribution in [3.05, 3.63) is 0 Å². The Morgan fingerprint density at radius 1 is 1.73 bits per heavy atom. The van der Waals surface area contributed by atoms with Crippen molar-refractivity contribution in [2.45, 2.75) is 12.8 Å². The largest absolute Gasteiger partial charge is 0.481 e. The molecule has 62 valence electrons. The lowest BCUT2D eigenvalue weighted by atomic mass is 10.1. The second-order valence-corrected chi connectivity index (χ2v) is 2.85. The highest BCUT2D eigenvalue weighted by Gasteiger charge is 2.22. The normalized spacial score (nSPS) is 23.6. The smallest absolute Gasteiger partial charge is 0.303 e. The maximum Gasteiger partial charge on any atom is 0.303 e.